The van der Waals surface area contributed by atoms with Crippen molar-refractivity contribution in [3.05, 3.63) is 0 Å². The van der Waals surface area contributed by atoms with Crippen LogP contribution in [0.5, 0.6) is 0 Å². The number of morpholine rings is 1. The number of hydrogen-bond acceptors (Lipinski definition) is 4. The molecule has 0 aromatic rings. The van der Waals surface area contributed by atoms with Crippen LogP contribution in [0.2, 0.25) is 0 Å². The first kappa shape index (κ1) is 16.2. The zero-order valence-electron chi connectivity index (χ0n) is 13.2. The number of hydrogen-bond donors (Lipinski definition) is 2. The van der Waals surface area contributed by atoms with Crippen molar-refractivity contribution < 1.29 is 9.84 Å². The molecule has 1 aliphatic heterocycles. The fourth-order valence-electron chi connectivity index (χ4n) is 3.11. The summed E-state index contributed by atoms with van der Waals surface area (Å²) in [7, 11) is 0. The average Bonchev–Trinajstić information content (AvgIpc) is 3.28. The Hall–Kier alpha value is -0.160. The maximum atomic E-state index is 9.60. The Labute approximate surface area is 123 Å². The van der Waals surface area contributed by atoms with E-state index in [2.05, 4.69) is 24.1 Å². The van der Waals surface area contributed by atoms with Crippen LogP contribution in [-0.2, 0) is 4.74 Å². The van der Waals surface area contributed by atoms with Gasteiger partial charge in [-0.25, -0.2) is 0 Å². The Morgan fingerprint density at radius 3 is 2.80 bits per heavy atom. The lowest BCUT2D eigenvalue weighted by Crippen LogP contribution is -2.47. The molecule has 0 spiro atoms. The Bertz CT molecular complexity index is 284. The van der Waals surface area contributed by atoms with Gasteiger partial charge in [0.05, 0.1) is 19.8 Å². The summed E-state index contributed by atoms with van der Waals surface area (Å²) in [6, 6.07) is 1.27. The minimum Gasteiger partial charge on any atom is -0.394 e. The fourth-order valence-corrected chi connectivity index (χ4v) is 3.11. The Morgan fingerprint density at radius 1 is 1.35 bits per heavy atom. The minimum absolute atomic E-state index is 0.0731. The molecule has 2 aliphatic rings. The number of ether oxygens (including phenoxy) is 1. The lowest BCUT2D eigenvalue weighted by Gasteiger charge is -2.35. The molecule has 0 aromatic carbocycles. The van der Waals surface area contributed by atoms with E-state index in [1.54, 1.807) is 0 Å². The molecule has 20 heavy (non-hydrogen) atoms. The lowest BCUT2D eigenvalue weighted by atomic mass is 9.95. The van der Waals surface area contributed by atoms with Crippen molar-refractivity contribution in [1.82, 2.24) is 10.2 Å². The summed E-state index contributed by atoms with van der Waals surface area (Å²) < 4.78 is 5.55. The van der Waals surface area contributed by atoms with Crippen LogP contribution < -0.4 is 5.32 Å². The number of aliphatic hydroxyl groups excluding tert-OH is 1. The molecule has 0 amide bonds. The highest BCUT2D eigenvalue weighted by molar-refractivity contribution is 4.92. The van der Waals surface area contributed by atoms with E-state index in [4.69, 9.17) is 4.74 Å². The third-order valence-electron chi connectivity index (χ3n) is 4.72. The second-order valence-electron chi connectivity index (χ2n) is 6.77. The van der Waals surface area contributed by atoms with Gasteiger partial charge in [0.1, 0.15) is 0 Å². The van der Waals surface area contributed by atoms with Crippen LogP contribution in [0.4, 0.5) is 0 Å². The molecule has 0 radical (unpaired) electrons. The van der Waals surface area contributed by atoms with E-state index in [1.165, 1.54) is 38.6 Å². The maximum absolute atomic E-state index is 9.60. The monoisotopic (exact) mass is 284 g/mol. The van der Waals surface area contributed by atoms with Crippen LogP contribution in [0.15, 0.2) is 0 Å². The molecule has 0 aromatic heterocycles. The van der Waals surface area contributed by atoms with E-state index >= 15 is 0 Å². The van der Waals surface area contributed by atoms with Crippen LogP contribution >= 0.6 is 0 Å². The molecule has 2 fully saturated rings. The normalized spacial score (nSPS) is 27.4. The highest BCUT2D eigenvalue weighted by Crippen LogP contribution is 2.25. The summed E-state index contributed by atoms with van der Waals surface area (Å²) in [5, 5.41) is 13.2. The fraction of sp³-hybridized carbons (Fsp3) is 1.00. The van der Waals surface area contributed by atoms with Crippen LogP contribution in [0.3, 0.4) is 0 Å². The quantitative estimate of drug-likeness (QED) is 0.633. The molecule has 2 atom stereocenters. The van der Waals surface area contributed by atoms with Crippen molar-refractivity contribution in [3.8, 4) is 0 Å². The van der Waals surface area contributed by atoms with Gasteiger partial charge >= 0.3 is 0 Å². The van der Waals surface area contributed by atoms with Crippen LogP contribution in [0.25, 0.3) is 0 Å². The zero-order chi connectivity index (χ0) is 14.4. The number of rotatable bonds is 9. The number of nitrogens with zero attached hydrogens (tertiary/aromatic N) is 1. The van der Waals surface area contributed by atoms with Gasteiger partial charge in [-0.2, -0.15) is 0 Å². The smallest absolute Gasteiger partial charge is 0.0622 e. The minimum atomic E-state index is -0.0731. The largest absolute Gasteiger partial charge is 0.394 e. The predicted octanol–water partition coefficient (Wildman–Crippen LogP) is 1.77. The van der Waals surface area contributed by atoms with Gasteiger partial charge in [-0.15, -0.1) is 0 Å². The van der Waals surface area contributed by atoms with Gasteiger partial charge in [0.15, 0.2) is 0 Å². The number of nitrogens with one attached hydrogen (secondary N) is 1. The molecular formula is C16H32N2O2. The van der Waals surface area contributed by atoms with Crippen LogP contribution in [0.1, 0.15) is 52.4 Å². The lowest BCUT2D eigenvalue weighted by molar-refractivity contribution is -0.00946. The van der Waals surface area contributed by atoms with Crippen molar-refractivity contribution >= 4 is 0 Å². The maximum Gasteiger partial charge on any atom is 0.0622 e. The second-order valence-corrected chi connectivity index (χ2v) is 6.77. The van der Waals surface area contributed by atoms with Crippen molar-refractivity contribution in [2.45, 2.75) is 70.0 Å². The number of unbranched alkanes of at least 4 members (excludes halogenated alkanes) is 1. The molecule has 0 bridgehead atoms. The molecule has 4 heteroatoms. The second kappa shape index (κ2) is 7.74. The number of aliphatic hydroxyl groups is 1. The molecule has 118 valence electrons. The van der Waals surface area contributed by atoms with Crippen LogP contribution in [-0.4, -0.2) is 60.5 Å². The molecule has 2 unspecified atom stereocenters. The Balaban J connectivity index is 1.64. The summed E-state index contributed by atoms with van der Waals surface area (Å²) >= 11 is 0. The molecule has 2 rings (SSSR count). The van der Waals surface area contributed by atoms with Gasteiger partial charge in [0.2, 0.25) is 0 Å². The standard InChI is InChI=1S/C16H32N2O2/c1-3-15-12-20-11-10-18(15)9-5-4-8-16(2,13-19)17-14-6-7-14/h14-15,17,19H,3-13H2,1-2H3. The van der Waals surface area contributed by atoms with Gasteiger partial charge < -0.3 is 15.2 Å². The van der Waals surface area contributed by atoms with Gasteiger partial charge in [-0.3, -0.25) is 4.90 Å². The molecular weight excluding hydrogens is 252 g/mol. The molecule has 1 heterocycles. The molecule has 1 saturated carbocycles. The van der Waals surface area contributed by atoms with E-state index < -0.39 is 0 Å². The molecule has 2 N–H and O–H groups in total. The van der Waals surface area contributed by atoms with E-state index in [0.717, 1.165) is 26.2 Å². The SMILES string of the molecule is CCC1COCCN1CCCCC(C)(CO)NC1CC1. The van der Waals surface area contributed by atoms with Gasteiger partial charge in [0, 0.05) is 24.2 Å². The van der Waals surface area contributed by atoms with E-state index in [9.17, 15) is 5.11 Å². The highest BCUT2D eigenvalue weighted by atomic mass is 16.5. The van der Waals surface area contributed by atoms with Gasteiger partial charge in [-0.1, -0.05) is 13.3 Å². The van der Waals surface area contributed by atoms with Gasteiger partial charge in [-0.05, 0) is 45.6 Å². The average molecular weight is 284 g/mol. The summed E-state index contributed by atoms with van der Waals surface area (Å²) in [6.45, 7) is 8.69. The molecule has 1 saturated heterocycles. The van der Waals surface area contributed by atoms with Crippen molar-refractivity contribution in [3.63, 3.8) is 0 Å². The summed E-state index contributed by atoms with van der Waals surface area (Å²) in [5.74, 6) is 0. The Morgan fingerprint density at radius 2 is 2.15 bits per heavy atom. The highest BCUT2D eigenvalue weighted by Gasteiger charge is 2.31. The van der Waals surface area contributed by atoms with E-state index in [1.807, 2.05) is 0 Å². The van der Waals surface area contributed by atoms with E-state index in [0.29, 0.717) is 12.1 Å². The molecule has 4 nitrogen and oxygen atoms in total. The first-order chi connectivity index (χ1) is 9.67. The topological polar surface area (TPSA) is 44.7 Å². The molecule has 1 aliphatic carbocycles. The first-order valence-electron chi connectivity index (χ1n) is 8.37. The zero-order valence-corrected chi connectivity index (χ0v) is 13.2. The first-order valence-corrected chi connectivity index (χ1v) is 8.37. The third kappa shape index (κ3) is 4.99. The summed E-state index contributed by atoms with van der Waals surface area (Å²) in [4.78, 5) is 2.58. The van der Waals surface area contributed by atoms with Crippen molar-refractivity contribution in [1.29, 1.82) is 0 Å². The van der Waals surface area contributed by atoms with Crippen molar-refractivity contribution in [2.75, 3.05) is 32.9 Å². The third-order valence-corrected chi connectivity index (χ3v) is 4.72. The summed E-state index contributed by atoms with van der Waals surface area (Å²) in [6.07, 6.45) is 7.21. The van der Waals surface area contributed by atoms with Crippen molar-refractivity contribution in [2.24, 2.45) is 0 Å². The van der Waals surface area contributed by atoms with E-state index in [-0.39, 0.29) is 12.1 Å². The van der Waals surface area contributed by atoms with Crippen LogP contribution in [0, 0.1) is 0 Å². The predicted molar refractivity (Wildman–Crippen MR) is 82.0 cm³/mol. The van der Waals surface area contributed by atoms with Gasteiger partial charge in [0.25, 0.3) is 0 Å². The Kier molecular flexibility index (Phi) is 6.27. The summed E-state index contributed by atoms with van der Waals surface area (Å²) in [5.41, 5.74) is -0.0731.